The lowest BCUT2D eigenvalue weighted by Gasteiger charge is -2.22. The number of aromatic carboxylic acids is 1. The molecular weight excluding hydrogens is 254 g/mol. The number of nitrogens with zero attached hydrogens (tertiary/aromatic N) is 1. The molecule has 0 aliphatic carbocycles. The van der Waals surface area contributed by atoms with Crippen LogP contribution in [-0.2, 0) is 6.54 Å². The number of hydrogen-bond acceptors (Lipinski definition) is 3. The number of hydrogen-bond donors (Lipinski definition) is 1. The molecule has 1 aromatic carbocycles. The lowest BCUT2D eigenvalue weighted by atomic mass is 10.2. The summed E-state index contributed by atoms with van der Waals surface area (Å²) < 4.78 is 5.53. The van der Waals surface area contributed by atoms with Crippen molar-refractivity contribution in [1.82, 2.24) is 0 Å². The average Bonchev–Trinajstić information content (AvgIpc) is 2.78. The highest BCUT2D eigenvalue weighted by Gasteiger charge is 2.15. The van der Waals surface area contributed by atoms with E-state index >= 15 is 0 Å². The van der Waals surface area contributed by atoms with E-state index in [1.54, 1.807) is 13.0 Å². The fourth-order valence-corrected chi connectivity index (χ4v) is 2.16. The molecule has 20 heavy (non-hydrogen) atoms. The van der Waals surface area contributed by atoms with Crippen LogP contribution in [-0.4, -0.2) is 17.6 Å². The molecule has 2 rings (SSSR count). The summed E-state index contributed by atoms with van der Waals surface area (Å²) >= 11 is 0. The van der Waals surface area contributed by atoms with E-state index < -0.39 is 5.97 Å². The van der Waals surface area contributed by atoms with Crippen molar-refractivity contribution < 1.29 is 14.3 Å². The van der Waals surface area contributed by atoms with Gasteiger partial charge in [-0.05, 0) is 39.0 Å². The third-order valence-corrected chi connectivity index (χ3v) is 3.33. The van der Waals surface area contributed by atoms with Crippen LogP contribution in [0.25, 0.3) is 0 Å². The monoisotopic (exact) mass is 273 g/mol. The van der Waals surface area contributed by atoms with Crippen LogP contribution in [0.5, 0.6) is 0 Å². The molecule has 0 bridgehead atoms. The first-order chi connectivity index (χ1) is 9.51. The van der Waals surface area contributed by atoms with Gasteiger partial charge in [-0.1, -0.05) is 17.7 Å². The van der Waals surface area contributed by atoms with Gasteiger partial charge in [0, 0.05) is 12.2 Å². The maximum absolute atomic E-state index is 11.0. The standard InChI is InChI=1S/C16H19NO3/c1-4-17(13-7-5-11(2)6-8-13)10-14-9-15(16(18)19)12(3)20-14/h5-9H,4,10H2,1-3H3,(H,18,19). The minimum Gasteiger partial charge on any atom is -0.478 e. The zero-order valence-corrected chi connectivity index (χ0v) is 12.0. The zero-order valence-electron chi connectivity index (χ0n) is 12.0. The van der Waals surface area contributed by atoms with E-state index in [4.69, 9.17) is 9.52 Å². The van der Waals surface area contributed by atoms with E-state index in [0.717, 1.165) is 12.2 Å². The molecule has 4 nitrogen and oxygen atoms in total. The minimum absolute atomic E-state index is 0.236. The molecule has 0 saturated heterocycles. The minimum atomic E-state index is -0.948. The Hall–Kier alpha value is -2.23. The summed E-state index contributed by atoms with van der Waals surface area (Å²) in [5, 5.41) is 9.04. The Kier molecular flexibility index (Phi) is 4.13. The summed E-state index contributed by atoms with van der Waals surface area (Å²) in [5.74, 6) is 0.172. The van der Waals surface area contributed by atoms with Gasteiger partial charge in [0.15, 0.2) is 0 Å². The Labute approximate surface area is 118 Å². The highest BCUT2D eigenvalue weighted by molar-refractivity contribution is 5.88. The molecule has 1 N–H and O–H groups in total. The fraction of sp³-hybridized carbons (Fsp3) is 0.312. The Morgan fingerprint density at radius 3 is 2.40 bits per heavy atom. The van der Waals surface area contributed by atoms with Gasteiger partial charge in [0.2, 0.25) is 0 Å². The second-order valence-electron chi connectivity index (χ2n) is 4.84. The molecule has 0 amide bonds. The van der Waals surface area contributed by atoms with Crippen molar-refractivity contribution in [3.63, 3.8) is 0 Å². The predicted octanol–water partition coefficient (Wildman–Crippen LogP) is 3.62. The SMILES string of the molecule is CCN(Cc1cc(C(=O)O)c(C)o1)c1ccc(C)cc1. The Morgan fingerprint density at radius 2 is 1.90 bits per heavy atom. The highest BCUT2D eigenvalue weighted by atomic mass is 16.4. The smallest absolute Gasteiger partial charge is 0.339 e. The molecule has 0 aliphatic rings. The molecule has 106 valence electrons. The van der Waals surface area contributed by atoms with Crippen LogP contribution in [0, 0.1) is 13.8 Å². The molecular formula is C16H19NO3. The number of benzene rings is 1. The Morgan fingerprint density at radius 1 is 1.25 bits per heavy atom. The van der Waals surface area contributed by atoms with Gasteiger partial charge >= 0.3 is 5.97 Å². The number of anilines is 1. The summed E-state index contributed by atoms with van der Waals surface area (Å²) in [6, 6.07) is 9.86. The van der Waals surface area contributed by atoms with Gasteiger partial charge in [-0.25, -0.2) is 4.79 Å². The van der Waals surface area contributed by atoms with Crippen LogP contribution in [0.4, 0.5) is 5.69 Å². The molecule has 0 spiro atoms. The summed E-state index contributed by atoms with van der Waals surface area (Å²) in [5.41, 5.74) is 2.55. The number of furan rings is 1. The van der Waals surface area contributed by atoms with Gasteiger partial charge in [0.25, 0.3) is 0 Å². The second-order valence-corrected chi connectivity index (χ2v) is 4.84. The van der Waals surface area contributed by atoms with Crippen LogP contribution in [0.3, 0.4) is 0 Å². The Bertz CT molecular complexity index is 599. The first-order valence-electron chi connectivity index (χ1n) is 6.65. The predicted molar refractivity (Wildman–Crippen MR) is 78.3 cm³/mol. The van der Waals surface area contributed by atoms with E-state index in [-0.39, 0.29) is 5.56 Å². The number of aryl methyl sites for hydroxylation is 2. The summed E-state index contributed by atoms with van der Waals surface area (Å²) in [6.07, 6.45) is 0. The molecule has 1 aromatic heterocycles. The van der Waals surface area contributed by atoms with Crippen LogP contribution >= 0.6 is 0 Å². The van der Waals surface area contributed by atoms with Crippen molar-refractivity contribution in [3.8, 4) is 0 Å². The highest BCUT2D eigenvalue weighted by Crippen LogP contribution is 2.21. The number of carbonyl (C=O) groups is 1. The average molecular weight is 273 g/mol. The molecule has 0 radical (unpaired) electrons. The maximum Gasteiger partial charge on any atom is 0.339 e. The molecule has 0 saturated carbocycles. The van der Waals surface area contributed by atoms with Crippen molar-refractivity contribution in [2.75, 3.05) is 11.4 Å². The molecule has 0 unspecified atom stereocenters. The van der Waals surface area contributed by atoms with Crippen LogP contribution in [0.1, 0.15) is 34.4 Å². The van der Waals surface area contributed by atoms with E-state index in [0.29, 0.717) is 18.1 Å². The number of carboxylic acid groups (broad SMARTS) is 1. The van der Waals surface area contributed by atoms with Crippen molar-refractivity contribution in [2.45, 2.75) is 27.3 Å². The van der Waals surface area contributed by atoms with Crippen molar-refractivity contribution >= 4 is 11.7 Å². The summed E-state index contributed by atoms with van der Waals surface area (Å²) in [7, 11) is 0. The zero-order chi connectivity index (χ0) is 14.7. The molecule has 0 fully saturated rings. The number of rotatable bonds is 5. The fourth-order valence-electron chi connectivity index (χ4n) is 2.16. The van der Waals surface area contributed by atoms with E-state index in [2.05, 4.69) is 43.0 Å². The van der Waals surface area contributed by atoms with Gasteiger partial charge in [-0.3, -0.25) is 0 Å². The van der Waals surface area contributed by atoms with Gasteiger partial charge in [-0.2, -0.15) is 0 Å². The van der Waals surface area contributed by atoms with E-state index in [1.807, 2.05) is 0 Å². The third-order valence-electron chi connectivity index (χ3n) is 3.33. The van der Waals surface area contributed by atoms with Crippen LogP contribution < -0.4 is 4.90 Å². The molecule has 1 heterocycles. The first kappa shape index (κ1) is 14.2. The Balaban J connectivity index is 2.20. The normalized spacial score (nSPS) is 10.6. The molecule has 0 aliphatic heterocycles. The van der Waals surface area contributed by atoms with Crippen molar-refractivity contribution in [3.05, 3.63) is 53.0 Å². The molecule has 2 aromatic rings. The van der Waals surface area contributed by atoms with Crippen molar-refractivity contribution in [2.24, 2.45) is 0 Å². The first-order valence-corrected chi connectivity index (χ1v) is 6.65. The second kappa shape index (κ2) is 5.82. The quantitative estimate of drug-likeness (QED) is 0.904. The van der Waals surface area contributed by atoms with Crippen LogP contribution in [0.15, 0.2) is 34.7 Å². The summed E-state index contributed by atoms with van der Waals surface area (Å²) in [4.78, 5) is 13.2. The van der Waals surface area contributed by atoms with Gasteiger partial charge < -0.3 is 14.4 Å². The largest absolute Gasteiger partial charge is 0.478 e. The van der Waals surface area contributed by atoms with E-state index in [9.17, 15) is 4.79 Å². The number of carboxylic acids is 1. The van der Waals surface area contributed by atoms with Gasteiger partial charge in [0.1, 0.15) is 17.1 Å². The summed E-state index contributed by atoms with van der Waals surface area (Å²) in [6.45, 7) is 7.18. The molecule has 4 heteroatoms. The lowest BCUT2D eigenvalue weighted by Crippen LogP contribution is -2.21. The van der Waals surface area contributed by atoms with Gasteiger partial charge in [0.05, 0.1) is 6.54 Å². The molecule has 0 atom stereocenters. The topological polar surface area (TPSA) is 53.7 Å². The lowest BCUT2D eigenvalue weighted by molar-refractivity contribution is 0.0695. The van der Waals surface area contributed by atoms with E-state index in [1.165, 1.54) is 5.56 Å². The maximum atomic E-state index is 11.0. The van der Waals surface area contributed by atoms with Crippen LogP contribution in [0.2, 0.25) is 0 Å². The van der Waals surface area contributed by atoms with Gasteiger partial charge in [-0.15, -0.1) is 0 Å². The third kappa shape index (κ3) is 3.02. The van der Waals surface area contributed by atoms with Crippen molar-refractivity contribution in [1.29, 1.82) is 0 Å².